The van der Waals surface area contributed by atoms with Crippen molar-refractivity contribution in [3.05, 3.63) is 23.3 Å². The van der Waals surface area contributed by atoms with Gasteiger partial charge in [-0.15, -0.1) is 0 Å². The van der Waals surface area contributed by atoms with E-state index in [9.17, 15) is 16.8 Å². The Morgan fingerprint density at radius 3 is 1.47 bits per heavy atom. The fraction of sp³-hybridized carbons (Fsp3) is 0.600. The summed E-state index contributed by atoms with van der Waals surface area (Å²) in [5.41, 5.74) is 0. The number of rotatable bonds is 10. The molecule has 112 valence electrons. The maximum Gasteiger partial charge on any atom is 0.174 e. The molecule has 2 N–H and O–H groups in total. The van der Waals surface area contributed by atoms with Gasteiger partial charge < -0.3 is 14.9 Å². The van der Waals surface area contributed by atoms with Crippen molar-refractivity contribution in [1.82, 2.24) is 0 Å². The predicted molar refractivity (Wildman–Crippen MR) is 71.2 cm³/mol. The Hall–Kier alpha value is -1.06. The minimum absolute atomic E-state index is 0.143. The van der Waals surface area contributed by atoms with Crippen molar-refractivity contribution in [2.75, 3.05) is 24.7 Å². The Balaban J connectivity index is 3.68. The molecular formula is C10H18O7S2. The maximum absolute atomic E-state index is 11.1. The van der Waals surface area contributed by atoms with Crippen molar-refractivity contribution in [3.63, 3.8) is 0 Å². The van der Waals surface area contributed by atoms with Crippen molar-refractivity contribution in [2.45, 2.75) is 12.8 Å². The zero-order valence-corrected chi connectivity index (χ0v) is 11.9. The summed E-state index contributed by atoms with van der Waals surface area (Å²) in [5.74, 6) is -0.286. The molecule has 0 radical (unpaired) electrons. The van der Waals surface area contributed by atoms with E-state index in [-0.39, 0.29) is 37.6 Å². The fourth-order valence-corrected chi connectivity index (χ4v) is 2.83. The fourth-order valence-electron chi connectivity index (χ4n) is 1.15. The van der Waals surface area contributed by atoms with Gasteiger partial charge in [0.1, 0.15) is 0 Å². The van der Waals surface area contributed by atoms with Crippen LogP contribution in [-0.4, -0.2) is 51.8 Å². The minimum Gasteiger partial charge on any atom is -0.515 e. The summed E-state index contributed by atoms with van der Waals surface area (Å²) < 4.78 is 49.5. The average Bonchev–Trinajstić information content (AvgIpc) is 2.27. The molecule has 7 nitrogen and oxygen atoms in total. The Labute approximate surface area is 113 Å². The second-order valence-electron chi connectivity index (χ2n) is 3.62. The molecule has 0 unspecified atom stereocenters. The lowest BCUT2D eigenvalue weighted by atomic mass is 10.5. The number of sulfone groups is 2. The van der Waals surface area contributed by atoms with E-state index in [1.165, 1.54) is 0 Å². The van der Waals surface area contributed by atoms with Crippen LogP contribution in [0.2, 0.25) is 0 Å². The average molecular weight is 314 g/mol. The molecule has 0 aromatic carbocycles. The molecule has 0 aliphatic heterocycles. The molecule has 0 atom stereocenters. The SMILES string of the molecule is O=S(=O)(C=CO)CCCOCCCS(=O)(=O)C=CO. The molecule has 0 spiro atoms. The first-order chi connectivity index (χ1) is 8.83. The van der Waals surface area contributed by atoms with Gasteiger partial charge in [0.25, 0.3) is 0 Å². The van der Waals surface area contributed by atoms with Gasteiger partial charge in [0.15, 0.2) is 19.7 Å². The van der Waals surface area contributed by atoms with Crippen molar-refractivity contribution >= 4 is 19.7 Å². The summed E-state index contributed by atoms with van der Waals surface area (Å²) >= 11 is 0. The van der Waals surface area contributed by atoms with Gasteiger partial charge in [-0.1, -0.05) is 0 Å². The third-order valence-electron chi connectivity index (χ3n) is 1.97. The van der Waals surface area contributed by atoms with E-state index in [1.807, 2.05) is 0 Å². The lowest BCUT2D eigenvalue weighted by Gasteiger charge is -2.03. The van der Waals surface area contributed by atoms with Gasteiger partial charge >= 0.3 is 0 Å². The Morgan fingerprint density at radius 1 is 0.789 bits per heavy atom. The summed E-state index contributed by atoms with van der Waals surface area (Å²) in [6, 6.07) is 0. The van der Waals surface area contributed by atoms with Crippen LogP contribution in [0.5, 0.6) is 0 Å². The lowest BCUT2D eigenvalue weighted by Crippen LogP contribution is -2.09. The van der Waals surface area contributed by atoms with Gasteiger partial charge in [0.2, 0.25) is 0 Å². The minimum atomic E-state index is -3.40. The molecule has 0 fully saturated rings. The number of aliphatic hydroxyl groups is 2. The molecule has 0 saturated carbocycles. The molecule has 19 heavy (non-hydrogen) atoms. The summed E-state index contributed by atoms with van der Waals surface area (Å²) in [5, 5.41) is 18.1. The topological polar surface area (TPSA) is 118 Å². The second-order valence-corrected chi connectivity index (χ2v) is 7.64. The van der Waals surface area contributed by atoms with Crippen LogP contribution in [-0.2, 0) is 24.4 Å². The highest BCUT2D eigenvalue weighted by molar-refractivity contribution is 7.94. The van der Waals surface area contributed by atoms with Gasteiger partial charge in [-0.2, -0.15) is 0 Å². The number of hydrogen-bond donors (Lipinski definition) is 2. The lowest BCUT2D eigenvalue weighted by molar-refractivity contribution is 0.136. The van der Waals surface area contributed by atoms with E-state index in [0.717, 1.165) is 0 Å². The number of ether oxygens (including phenoxy) is 1. The second kappa shape index (κ2) is 8.94. The molecule has 0 saturated heterocycles. The van der Waals surface area contributed by atoms with Crippen molar-refractivity contribution < 1.29 is 31.8 Å². The van der Waals surface area contributed by atoms with Gasteiger partial charge in [0.05, 0.1) is 34.8 Å². The van der Waals surface area contributed by atoms with Crippen LogP contribution >= 0.6 is 0 Å². The monoisotopic (exact) mass is 314 g/mol. The molecule has 0 rings (SSSR count). The van der Waals surface area contributed by atoms with Gasteiger partial charge in [-0.25, -0.2) is 16.8 Å². The third kappa shape index (κ3) is 10.5. The van der Waals surface area contributed by atoms with E-state index in [1.54, 1.807) is 0 Å². The van der Waals surface area contributed by atoms with Crippen molar-refractivity contribution in [1.29, 1.82) is 0 Å². The van der Waals surface area contributed by atoms with Crippen LogP contribution in [0.15, 0.2) is 23.3 Å². The molecule has 0 heterocycles. The zero-order valence-electron chi connectivity index (χ0n) is 10.3. The van der Waals surface area contributed by atoms with Crippen LogP contribution in [0.25, 0.3) is 0 Å². The first kappa shape index (κ1) is 17.9. The molecular weight excluding hydrogens is 296 g/mol. The first-order valence-corrected chi connectivity index (χ1v) is 8.91. The Morgan fingerprint density at radius 2 is 1.16 bits per heavy atom. The summed E-state index contributed by atoms with van der Waals surface area (Å²) in [6.45, 7) is 0.378. The van der Waals surface area contributed by atoms with Crippen molar-refractivity contribution in [3.8, 4) is 0 Å². The van der Waals surface area contributed by atoms with Crippen LogP contribution in [0.3, 0.4) is 0 Å². The smallest absolute Gasteiger partial charge is 0.174 e. The van der Waals surface area contributed by atoms with Gasteiger partial charge in [-0.3, -0.25) is 0 Å². The number of hydrogen-bond acceptors (Lipinski definition) is 7. The Kier molecular flexibility index (Phi) is 8.44. The summed E-state index contributed by atoms with van der Waals surface area (Å²) in [6.07, 6.45) is 1.46. The van der Waals surface area contributed by atoms with E-state index >= 15 is 0 Å². The highest BCUT2D eigenvalue weighted by Crippen LogP contribution is 1.99. The Bertz CT molecular complexity index is 442. The van der Waals surface area contributed by atoms with Crippen LogP contribution in [0.1, 0.15) is 12.8 Å². The van der Waals surface area contributed by atoms with E-state index in [0.29, 0.717) is 23.3 Å². The van der Waals surface area contributed by atoms with Crippen LogP contribution in [0, 0.1) is 0 Å². The molecule has 0 aliphatic rings. The first-order valence-electron chi connectivity index (χ1n) is 5.48. The quantitative estimate of drug-likeness (QED) is 0.449. The molecule has 0 aliphatic carbocycles. The van der Waals surface area contributed by atoms with E-state index in [2.05, 4.69) is 0 Å². The zero-order chi connectivity index (χ0) is 14.8. The van der Waals surface area contributed by atoms with Crippen LogP contribution < -0.4 is 0 Å². The summed E-state index contributed by atoms with van der Waals surface area (Å²) in [7, 11) is -6.80. The molecule has 0 bridgehead atoms. The molecule has 0 amide bonds. The predicted octanol–water partition coefficient (Wildman–Crippen LogP) is 0.671. The van der Waals surface area contributed by atoms with Gasteiger partial charge in [-0.05, 0) is 12.8 Å². The maximum atomic E-state index is 11.1. The van der Waals surface area contributed by atoms with Crippen molar-refractivity contribution in [2.24, 2.45) is 0 Å². The third-order valence-corrected chi connectivity index (χ3v) is 4.76. The molecule has 0 aromatic rings. The summed E-state index contributed by atoms with van der Waals surface area (Å²) in [4.78, 5) is 0. The number of aliphatic hydroxyl groups excluding tert-OH is 2. The highest BCUT2D eigenvalue weighted by Gasteiger charge is 2.07. The van der Waals surface area contributed by atoms with E-state index < -0.39 is 19.7 Å². The normalized spacial score (nSPS) is 13.5. The highest BCUT2D eigenvalue weighted by atomic mass is 32.2. The largest absolute Gasteiger partial charge is 0.515 e. The molecule has 9 heteroatoms. The van der Waals surface area contributed by atoms with E-state index in [4.69, 9.17) is 14.9 Å². The van der Waals surface area contributed by atoms with Gasteiger partial charge in [0, 0.05) is 13.2 Å². The molecule has 0 aromatic heterocycles. The van der Waals surface area contributed by atoms with Crippen LogP contribution in [0.4, 0.5) is 0 Å². The standard InChI is InChI=1S/C10H18O7S2/c11-3-9-18(13,14)7-1-5-17-6-2-8-19(15,16)10-4-12/h3-4,9-12H,1-2,5-8H2.